The maximum Gasteiger partial charge on any atom is 0.248 e. The van der Waals surface area contributed by atoms with Crippen molar-refractivity contribution in [1.29, 1.82) is 0 Å². The van der Waals surface area contributed by atoms with Crippen LogP contribution in [0.5, 0.6) is 0 Å². The molecule has 8 heteroatoms. The van der Waals surface area contributed by atoms with Crippen LogP contribution in [0.25, 0.3) is 0 Å². The van der Waals surface area contributed by atoms with Crippen molar-refractivity contribution in [1.82, 2.24) is 0 Å². The maximum atomic E-state index is 12.6. The predicted octanol–water partition coefficient (Wildman–Crippen LogP) is 4.10. The average Bonchev–Trinajstić information content (AvgIpc) is 2.51. The number of rotatable bonds is 5. The molecule has 1 amide bonds. The van der Waals surface area contributed by atoms with E-state index in [9.17, 15) is 13.2 Å². The van der Waals surface area contributed by atoms with Gasteiger partial charge in [0.05, 0.1) is 22.7 Å². The maximum absolute atomic E-state index is 12.6. The molecule has 2 aromatic carbocycles. The van der Waals surface area contributed by atoms with Crippen molar-refractivity contribution in [2.75, 3.05) is 15.9 Å². The van der Waals surface area contributed by atoms with Crippen molar-refractivity contribution in [3.63, 3.8) is 0 Å². The van der Waals surface area contributed by atoms with Crippen molar-refractivity contribution in [2.24, 2.45) is 0 Å². The summed E-state index contributed by atoms with van der Waals surface area (Å²) >= 11 is 12.0. The minimum Gasteiger partial charge on any atom is -0.323 e. The molecule has 2 rings (SSSR count). The predicted molar refractivity (Wildman–Crippen MR) is 103 cm³/mol. The lowest BCUT2D eigenvalue weighted by Gasteiger charge is -2.28. The molecule has 1 N–H and O–H groups in total. The fourth-order valence-electron chi connectivity index (χ4n) is 2.33. The smallest absolute Gasteiger partial charge is 0.248 e. The molecule has 5 nitrogen and oxygen atoms in total. The number of nitrogens with zero attached hydrogens (tertiary/aromatic N) is 1. The molecule has 0 heterocycles. The normalized spacial score (nSPS) is 12.5. The average molecular weight is 401 g/mol. The zero-order valence-corrected chi connectivity index (χ0v) is 16.3. The third kappa shape index (κ3) is 4.87. The van der Waals surface area contributed by atoms with Crippen LogP contribution < -0.4 is 9.62 Å². The SMILES string of the molecule is Cc1ccc(N([C@H](C)C(=O)Nc2cc(Cl)ccc2Cl)S(C)(=O)=O)cc1. The summed E-state index contributed by atoms with van der Waals surface area (Å²) in [7, 11) is -3.67. The molecule has 0 aliphatic heterocycles. The fraction of sp³-hybridized carbons (Fsp3) is 0.235. The second-order valence-corrected chi connectivity index (χ2v) is 8.39. The Kier molecular flexibility index (Phi) is 5.98. The van der Waals surface area contributed by atoms with Crippen molar-refractivity contribution in [3.05, 3.63) is 58.1 Å². The number of aryl methyl sites for hydroxylation is 1. The van der Waals surface area contributed by atoms with E-state index >= 15 is 0 Å². The molecule has 0 aliphatic carbocycles. The van der Waals surface area contributed by atoms with Crippen molar-refractivity contribution >= 4 is 50.5 Å². The van der Waals surface area contributed by atoms with E-state index in [4.69, 9.17) is 23.2 Å². The van der Waals surface area contributed by atoms with E-state index in [-0.39, 0.29) is 0 Å². The number of nitrogens with one attached hydrogen (secondary N) is 1. The Bertz CT molecular complexity index is 883. The first-order valence-electron chi connectivity index (χ1n) is 7.41. The molecule has 0 fully saturated rings. The molecular formula is C17H18Cl2N2O3S. The molecule has 134 valence electrons. The van der Waals surface area contributed by atoms with Crippen LogP contribution in [-0.2, 0) is 14.8 Å². The van der Waals surface area contributed by atoms with Gasteiger partial charge in [-0.15, -0.1) is 0 Å². The van der Waals surface area contributed by atoms with Gasteiger partial charge in [0.2, 0.25) is 15.9 Å². The first kappa shape index (κ1) is 19.6. The summed E-state index contributed by atoms with van der Waals surface area (Å²) in [6.07, 6.45) is 1.06. The van der Waals surface area contributed by atoms with Crippen molar-refractivity contribution in [3.8, 4) is 0 Å². The summed E-state index contributed by atoms with van der Waals surface area (Å²) < 4.78 is 25.5. The lowest BCUT2D eigenvalue weighted by Crippen LogP contribution is -2.45. The van der Waals surface area contributed by atoms with Crippen LogP contribution in [0.4, 0.5) is 11.4 Å². The lowest BCUT2D eigenvalue weighted by molar-refractivity contribution is -0.116. The van der Waals surface area contributed by atoms with Gasteiger partial charge in [-0.1, -0.05) is 40.9 Å². The third-order valence-electron chi connectivity index (χ3n) is 3.56. The van der Waals surface area contributed by atoms with Gasteiger partial charge >= 0.3 is 0 Å². The highest BCUT2D eigenvalue weighted by Gasteiger charge is 2.29. The largest absolute Gasteiger partial charge is 0.323 e. The monoisotopic (exact) mass is 400 g/mol. The topological polar surface area (TPSA) is 66.5 Å². The van der Waals surface area contributed by atoms with Crippen LogP contribution in [0.15, 0.2) is 42.5 Å². The van der Waals surface area contributed by atoms with Gasteiger partial charge in [-0.05, 0) is 44.2 Å². The lowest BCUT2D eigenvalue weighted by atomic mass is 10.2. The van der Waals surface area contributed by atoms with E-state index in [0.29, 0.717) is 21.4 Å². The van der Waals surface area contributed by atoms with E-state index in [1.807, 2.05) is 6.92 Å². The fourth-order valence-corrected chi connectivity index (χ4v) is 3.84. The zero-order chi connectivity index (χ0) is 18.8. The highest BCUT2D eigenvalue weighted by atomic mass is 35.5. The molecule has 0 unspecified atom stereocenters. The standard InChI is InChI=1S/C17H18Cl2N2O3S/c1-11-4-7-14(8-5-11)21(25(3,23)24)12(2)17(22)20-16-10-13(18)6-9-15(16)19/h4-10,12H,1-3H3,(H,20,22)/t12-/m1/s1. The van der Waals surface area contributed by atoms with Gasteiger partial charge in [0.1, 0.15) is 6.04 Å². The van der Waals surface area contributed by atoms with Crippen LogP contribution in [0.2, 0.25) is 10.0 Å². The second-order valence-electron chi connectivity index (χ2n) is 5.68. The molecule has 2 aromatic rings. The van der Waals surface area contributed by atoms with Crippen LogP contribution >= 0.6 is 23.2 Å². The molecule has 0 bridgehead atoms. The van der Waals surface area contributed by atoms with Crippen molar-refractivity contribution < 1.29 is 13.2 Å². The summed E-state index contributed by atoms with van der Waals surface area (Å²) in [5, 5.41) is 3.34. The third-order valence-corrected chi connectivity index (χ3v) is 5.37. The minimum atomic E-state index is -3.67. The Hall–Kier alpha value is -1.76. The minimum absolute atomic E-state index is 0.311. The Morgan fingerprint density at radius 2 is 1.72 bits per heavy atom. The summed E-state index contributed by atoms with van der Waals surface area (Å²) in [5.41, 5.74) is 1.72. The molecule has 25 heavy (non-hydrogen) atoms. The van der Waals surface area contributed by atoms with Crippen molar-refractivity contribution in [2.45, 2.75) is 19.9 Å². The molecule has 0 saturated carbocycles. The van der Waals surface area contributed by atoms with E-state index in [1.165, 1.54) is 13.0 Å². The number of anilines is 2. The van der Waals surface area contributed by atoms with Crippen LogP contribution in [0.3, 0.4) is 0 Å². The molecule has 0 aromatic heterocycles. The number of carbonyl (C=O) groups is 1. The first-order valence-corrected chi connectivity index (χ1v) is 10.0. The van der Waals surface area contributed by atoms with Gasteiger partial charge in [0.25, 0.3) is 0 Å². The molecule has 1 atom stereocenters. The molecule has 0 aliphatic rings. The highest BCUT2D eigenvalue weighted by Crippen LogP contribution is 2.27. The number of hydrogen-bond donors (Lipinski definition) is 1. The summed E-state index contributed by atoms with van der Waals surface area (Å²) in [4.78, 5) is 12.6. The number of carbonyl (C=O) groups excluding carboxylic acids is 1. The summed E-state index contributed by atoms with van der Waals surface area (Å²) in [5.74, 6) is -0.518. The van der Waals surface area contributed by atoms with Crippen LogP contribution in [-0.4, -0.2) is 26.6 Å². The number of benzene rings is 2. The zero-order valence-electron chi connectivity index (χ0n) is 14.0. The van der Waals surface area contributed by atoms with Crippen LogP contribution in [0.1, 0.15) is 12.5 Å². The number of amides is 1. The first-order chi connectivity index (χ1) is 11.6. The number of sulfonamides is 1. The van der Waals surface area contributed by atoms with Gasteiger partial charge in [0, 0.05) is 5.02 Å². The van der Waals surface area contributed by atoms with Crippen LogP contribution in [0, 0.1) is 6.92 Å². The quantitative estimate of drug-likeness (QED) is 0.821. The van der Waals surface area contributed by atoms with E-state index in [1.54, 1.807) is 36.4 Å². The Balaban J connectivity index is 2.33. The number of hydrogen-bond acceptors (Lipinski definition) is 3. The van der Waals surface area contributed by atoms with E-state index in [2.05, 4.69) is 5.32 Å². The Morgan fingerprint density at radius 1 is 1.12 bits per heavy atom. The number of halogens is 2. The second kappa shape index (κ2) is 7.64. The molecule has 0 saturated heterocycles. The highest BCUT2D eigenvalue weighted by molar-refractivity contribution is 7.92. The van der Waals surface area contributed by atoms with Gasteiger partial charge in [-0.25, -0.2) is 8.42 Å². The Morgan fingerprint density at radius 3 is 2.28 bits per heavy atom. The van der Waals surface area contributed by atoms with Gasteiger partial charge < -0.3 is 5.32 Å². The van der Waals surface area contributed by atoms with Gasteiger partial charge in [-0.2, -0.15) is 0 Å². The Labute approximate surface area is 157 Å². The summed E-state index contributed by atoms with van der Waals surface area (Å²) in [6.45, 7) is 3.40. The van der Waals surface area contributed by atoms with E-state index < -0.39 is 22.0 Å². The van der Waals surface area contributed by atoms with Gasteiger partial charge in [0.15, 0.2) is 0 Å². The molecule has 0 radical (unpaired) electrons. The molecular weight excluding hydrogens is 383 g/mol. The molecule has 0 spiro atoms. The van der Waals surface area contributed by atoms with Gasteiger partial charge in [-0.3, -0.25) is 9.10 Å². The summed E-state index contributed by atoms with van der Waals surface area (Å²) in [6, 6.07) is 10.6. The van der Waals surface area contributed by atoms with E-state index in [0.717, 1.165) is 16.1 Å².